The number of aliphatic imine (C=N–C) groups is 1. The molecule has 1 aromatic heterocycles. The van der Waals surface area contributed by atoms with Crippen molar-refractivity contribution in [3.8, 4) is 23.8 Å². The third kappa shape index (κ3) is 4.62. The van der Waals surface area contributed by atoms with Crippen molar-refractivity contribution in [3.05, 3.63) is 89.7 Å². The monoisotopic (exact) mass is 439 g/mol. The molecule has 3 aromatic rings. The predicted octanol–water partition coefficient (Wildman–Crippen LogP) is 3.10. The summed E-state index contributed by atoms with van der Waals surface area (Å²) in [5.74, 6) is 1.37. The van der Waals surface area contributed by atoms with Gasteiger partial charge in [0.05, 0.1) is 11.6 Å². The molecular weight excluding hydrogens is 418 g/mol. The minimum Gasteiger partial charge on any atom is -0.489 e. The van der Waals surface area contributed by atoms with Crippen molar-refractivity contribution in [2.24, 2.45) is 4.99 Å². The molecule has 1 aliphatic rings. The van der Waals surface area contributed by atoms with Crippen LogP contribution in [0.15, 0.2) is 78.0 Å². The summed E-state index contributed by atoms with van der Waals surface area (Å²) in [5, 5.41) is 32.6. The first-order chi connectivity index (χ1) is 16.0. The van der Waals surface area contributed by atoms with Gasteiger partial charge in [-0.1, -0.05) is 18.2 Å². The fourth-order valence-electron chi connectivity index (χ4n) is 3.63. The Kier molecular flexibility index (Phi) is 6.21. The molecule has 0 fully saturated rings. The molecular formula is C25H21N5O3. The van der Waals surface area contributed by atoms with Gasteiger partial charge in [-0.15, -0.1) is 0 Å². The molecule has 0 amide bonds. The van der Waals surface area contributed by atoms with E-state index >= 15 is 0 Å². The number of nitriles is 2. The van der Waals surface area contributed by atoms with Gasteiger partial charge in [0.2, 0.25) is 0 Å². The Balaban J connectivity index is 1.76. The number of aliphatic hydroxyl groups excluding tert-OH is 1. The maximum atomic E-state index is 11.4. The highest BCUT2D eigenvalue weighted by molar-refractivity contribution is 5.99. The Hall–Kier alpha value is -4.40. The van der Waals surface area contributed by atoms with Crippen LogP contribution < -0.4 is 14.8 Å². The maximum Gasteiger partial charge on any atom is 0.182 e. The summed E-state index contributed by atoms with van der Waals surface area (Å²) in [6, 6.07) is 19.0. The van der Waals surface area contributed by atoms with Gasteiger partial charge in [0.25, 0.3) is 0 Å². The summed E-state index contributed by atoms with van der Waals surface area (Å²) in [6.07, 6.45) is 3.93. The van der Waals surface area contributed by atoms with Crippen LogP contribution in [0.1, 0.15) is 29.7 Å². The number of hydrogen-bond donors (Lipinski definition) is 2. The van der Waals surface area contributed by atoms with Crippen LogP contribution in [0.4, 0.5) is 0 Å². The number of fused-ring (bicyclic) bond motifs is 1. The average molecular weight is 439 g/mol. The van der Waals surface area contributed by atoms with E-state index in [4.69, 9.17) is 14.5 Å². The fourth-order valence-corrected chi connectivity index (χ4v) is 3.63. The molecule has 3 atom stereocenters. The zero-order valence-corrected chi connectivity index (χ0v) is 17.8. The van der Waals surface area contributed by atoms with Gasteiger partial charge in [0, 0.05) is 23.5 Å². The Morgan fingerprint density at radius 1 is 1.21 bits per heavy atom. The van der Waals surface area contributed by atoms with Crippen LogP contribution in [0.2, 0.25) is 0 Å². The van der Waals surface area contributed by atoms with Gasteiger partial charge in [0.15, 0.2) is 11.8 Å². The molecule has 0 spiro atoms. The minimum atomic E-state index is -1.15. The lowest BCUT2D eigenvalue weighted by Crippen LogP contribution is -2.55. The Bertz CT molecular complexity index is 1230. The molecule has 164 valence electrons. The number of aliphatic hydroxyl groups is 1. The second-order valence-corrected chi connectivity index (χ2v) is 7.73. The zero-order valence-electron chi connectivity index (χ0n) is 17.8. The molecule has 0 saturated heterocycles. The molecule has 0 radical (unpaired) electrons. The summed E-state index contributed by atoms with van der Waals surface area (Å²) >= 11 is 0. The van der Waals surface area contributed by atoms with Crippen molar-refractivity contribution >= 4 is 5.84 Å². The predicted molar refractivity (Wildman–Crippen MR) is 120 cm³/mol. The highest BCUT2D eigenvalue weighted by Gasteiger charge is 2.47. The molecule has 2 aromatic carbocycles. The van der Waals surface area contributed by atoms with E-state index in [1.807, 2.05) is 36.5 Å². The van der Waals surface area contributed by atoms with Gasteiger partial charge in [-0.2, -0.15) is 10.5 Å². The van der Waals surface area contributed by atoms with Gasteiger partial charge < -0.3 is 14.6 Å². The average Bonchev–Trinajstić information content (AvgIpc) is 2.86. The summed E-state index contributed by atoms with van der Waals surface area (Å²) in [5.41, 5.74) is 0.376. The molecule has 1 aliphatic heterocycles. The first kappa shape index (κ1) is 21.8. The van der Waals surface area contributed by atoms with E-state index in [1.165, 1.54) is 0 Å². The van der Waals surface area contributed by atoms with E-state index in [2.05, 4.69) is 16.4 Å². The first-order valence-corrected chi connectivity index (χ1v) is 10.3. The third-order valence-electron chi connectivity index (χ3n) is 5.37. The summed E-state index contributed by atoms with van der Waals surface area (Å²) in [7, 11) is 0. The number of hydrogen-bond acceptors (Lipinski definition) is 7. The smallest absolute Gasteiger partial charge is 0.182 e. The molecule has 0 aliphatic carbocycles. The van der Waals surface area contributed by atoms with Crippen LogP contribution in [0.5, 0.6) is 11.5 Å². The van der Waals surface area contributed by atoms with Crippen molar-refractivity contribution in [1.29, 1.82) is 10.5 Å². The van der Waals surface area contributed by atoms with E-state index in [0.717, 1.165) is 0 Å². The lowest BCUT2D eigenvalue weighted by atomic mass is 9.85. The van der Waals surface area contributed by atoms with E-state index < -0.39 is 17.7 Å². The van der Waals surface area contributed by atoms with Crippen molar-refractivity contribution in [3.63, 3.8) is 0 Å². The highest BCUT2D eigenvalue weighted by Crippen LogP contribution is 2.43. The lowest BCUT2D eigenvalue weighted by molar-refractivity contribution is -0.0908. The number of para-hydroxylation sites is 1. The Morgan fingerprint density at radius 2 is 2.03 bits per heavy atom. The minimum absolute atomic E-state index is 0.0531. The topological polar surface area (TPSA) is 124 Å². The molecule has 0 unspecified atom stereocenters. The number of ether oxygens (including phenoxy) is 2. The number of amidine groups is 1. The van der Waals surface area contributed by atoms with Crippen molar-refractivity contribution < 1.29 is 14.6 Å². The van der Waals surface area contributed by atoms with Crippen LogP contribution in [0, 0.1) is 22.8 Å². The molecule has 33 heavy (non-hydrogen) atoms. The quantitative estimate of drug-likeness (QED) is 0.271. The van der Waals surface area contributed by atoms with Crippen LogP contribution in [0.3, 0.4) is 0 Å². The van der Waals surface area contributed by atoms with E-state index in [1.54, 1.807) is 49.6 Å². The van der Waals surface area contributed by atoms with Crippen LogP contribution >= 0.6 is 0 Å². The number of pyridine rings is 1. The van der Waals surface area contributed by atoms with Crippen molar-refractivity contribution in [2.75, 3.05) is 6.61 Å². The first-order valence-electron chi connectivity index (χ1n) is 10.3. The van der Waals surface area contributed by atoms with Gasteiger partial charge in [0.1, 0.15) is 36.1 Å². The standard InChI is InChI=1S/C25H21N5O3/c1-25(15-32-19-7-3-2-4-8-19)23(31)22(20-12-17(13-26)9-10-21(20)33-25)30-24(29-16-27)18-6-5-11-28-14-18/h2-12,14,22-23,31H,15H2,1H3,(H,29,30)/t22-,23+,25+/m1/s1. The molecule has 8 heteroatoms. The Labute approximate surface area is 191 Å². The number of benzene rings is 2. The largest absolute Gasteiger partial charge is 0.489 e. The molecule has 2 heterocycles. The normalized spacial score (nSPS) is 21.6. The molecule has 2 N–H and O–H groups in total. The second-order valence-electron chi connectivity index (χ2n) is 7.73. The van der Waals surface area contributed by atoms with Crippen molar-refractivity contribution in [2.45, 2.75) is 24.7 Å². The highest BCUT2D eigenvalue weighted by atomic mass is 16.6. The number of nitrogens with zero attached hydrogens (tertiary/aromatic N) is 4. The van der Waals surface area contributed by atoms with Gasteiger partial charge in [-0.05, 0) is 49.4 Å². The third-order valence-corrected chi connectivity index (χ3v) is 5.37. The van der Waals surface area contributed by atoms with Crippen LogP contribution in [-0.2, 0) is 0 Å². The Morgan fingerprint density at radius 3 is 2.73 bits per heavy atom. The van der Waals surface area contributed by atoms with Gasteiger partial charge in [-0.3, -0.25) is 15.3 Å². The summed E-state index contributed by atoms with van der Waals surface area (Å²) in [6.45, 7) is 1.79. The number of rotatable bonds is 5. The number of nitrogens with one attached hydrogen (secondary N) is 1. The van der Waals surface area contributed by atoms with Gasteiger partial charge in [-0.25, -0.2) is 0 Å². The summed E-state index contributed by atoms with van der Waals surface area (Å²) < 4.78 is 12.1. The molecule has 4 rings (SSSR count). The number of aromatic nitrogens is 1. The van der Waals surface area contributed by atoms with Crippen LogP contribution in [-0.4, -0.2) is 34.2 Å². The van der Waals surface area contributed by atoms with E-state index in [9.17, 15) is 15.6 Å². The van der Waals surface area contributed by atoms with Crippen molar-refractivity contribution in [1.82, 2.24) is 10.3 Å². The van der Waals surface area contributed by atoms with E-state index in [0.29, 0.717) is 28.2 Å². The second kappa shape index (κ2) is 9.39. The molecule has 0 bridgehead atoms. The SMILES string of the molecule is C[C@@]1(COc2ccccc2)Oc2ccc(C#N)cc2[C@@H](N=C(NC#N)c2cccnc2)[C@@H]1O. The zero-order chi connectivity index (χ0) is 23.3. The molecule has 8 nitrogen and oxygen atoms in total. The van der Waals surface area contributed by atoms with Gasteiger partial charge >= 0.3 is 0 Å². The van der Waals surface area contributed by atoms with Crippen LogP contribution in [0.25, 0.3) is 0 Å². The maximum absolute atomic E-state index is 11.4. The lowest BCUT2D eigenvalue weighted by Gasteiger charge is -2.42. The summed E-state index contributed by atoms with van der Waals surface area (Å²) in [4.78, 5) is 8.77. The fraction of sp³-hybridized carbons (Fsp3) is 0.200. The van der Waals surface area contributed by atoms with E-state index in [-0.39, 0.29) is 12.4 Å². The molecule has 0 saturated carbocycles.